The van der Waals surface area contributed by atoms with Crippen molar-refractivity contribution in [3.63, 3.8) is 0 Å². The molecule has 1 unspecified atom stereocenters. The van der Waals surface area contributed by atoms with Gasteiger partial charge in [0.25, 0.3) is 0 Å². The molecule has 0 spiro atoms. The second-order valence-corrected chi connectivity index (χ2v) is 3.58. The van der Waals surface area contributed by atoms with Crippen LogP contribution in [0, 0.1) is 11.3 Å². The lowest BCUT2D eigenvalue weighted by Gasteiger charge is -2.12. The molecule has 5 nitrogen and oxygen atoms in total. The number of aliphatic carboxylic acids is 1. The van der Waals surface area contributed by atoms with E-state index in [1.165, 1.54) is 7.11 Å². The summed E-state index contributed by atoms with van der Waals surface area (Å²) in [6, 6.07) is 6.41. The van der Waals surface area contributed by atoms with Crippen molar-refractivity contribution in [2.45, 2.75) is 19.5 Å². The fraction of sp³-hybridized carbons (Fsp3) is 0.333. The second-order valence-electron chi connectivity index (χ2n) is 3.58. The van der Waals surface area contributed by atoms with Crippen molar-refractivity contribution in [3.8, 4) is 11.8 Å². The molecule has 90 valence electrons. The molecule has 0 heterocycles. The molecule has 0 bridgehead atoms. The van der Waals surface area contributed by atoms with Crippen LogP contribution in [0.2, 0.25) is 0 Å². The van der Waals surface area contributed by atoms with Gasteiger partial charge in [0.05, 0.1) is 18.7 Å². The summed E-state index contributed by atoms with van der Waals surface area (Å²) in [6.07, 6.45) is 0. The standard InChI is InChI=1S/C12H14N2O3/c1-8(12(15)16)14-7-10-5-9(6-13)3-4-11(10)17-2/h3-5,8,14H,7H2,1-2H3,(H,15,16). The number of hydrogen-bond acceptors (Lipinski definition) is 4. The van der Waals surface area contributed by atoms with Gasteiger partial charge in [-0.25, -0.2) is 0 Å². The van der Waals surface area contributed by atoms with Crippen LogP contribution in [0.3, 0.4) is 0 Å². The fourth-order valence-corrected chi connectivity index (χ4v) is 1.34. The first-order chi connectivity index (χ1) is 8.08. The van der Waals surface area contributed by atoms with Gasteiger partial charge in [0.15, 0.2) is 0 Å². The van der Waals surface area contributed by atoms with Crippen LogP contribution >= 0.6 is 0 Å². The lowest BCUT2D eigenvalue weighted by atomic mass is 10.1. The quantitative estimate of drug-likeness (QED) is 0.798. The third-order valence-electron chi connectivity index (χ3n) is 2.38. The number of ether oxygens (including phenoxy) is 1. The average molecular weight is 234 g/mol. The zero-order chi connectivity index (χ0) is 12.8. The summed E-state index contributed by atoms with van der Waals surface area (Å²) in [5, 5.41) is 20.4. The highest BCUT2D eigenvalue weighted by Crippen LogP contribution is 2.19. The number of hydrogen-bond donors (Lipinski definition) is 2. The lowest BCUT2D eigenvalue weighted by molar-refractivity contribution is -0.139. The summed E-state index contributed by atoms with van der Waals surface area (Å²) in [7, 11) is 1.53. The molecule has 1 aromatic rings. The normalized spacial score (nSPS) is 11.6. The van der Waals surface area contributed by atoms with Crippen LogP contribution in [0.5, 0.6) is 5.75 Å². The molecule has 1 aromatic carbocycles. The molecule has 0 aliphatic carbocycles. The van der Waals surface area contributed by atoms with E-state index in [1.54, 1.807) is 25.1 Å². The van der Waals surface area contributed by atoms with Crippen LogP contribution in [0.1, 0.15) is 18.1 Å². The SMILES string of the molecule is COc1ccc(C#N)cc1CNC(C)C(=O)O. The number of benzene rings is 1. The van der Waals surface area contributed by atoms with Crippen LogP contribution < -0.4 is 10.1 Å². The molecule has 17 heavy (non-hydrogen) atoms. The molecular formula is C12H14N2O3. The number of nitrogens with zero attached hydrogens (tertiary/aromatic N) is 1. The zero-order valence-electron chi connectivity index (χ0n) is 9.73. The third kappa shape index (κ3) is 3.47. The Morgan fingerprint density at radius 3 is 2.88 bits per heavy atom. The van der Waals surface area contributed by atoms with Gasteiger partial charge >= 0.3 is 5.97 Å². The molecule has 0 aliphatic heterocycles. The van der Waals surface area contributed by atoms with Gasteiger partial charge in [-0.1, -0.05) is 0 Å². The molecule has 1 atom stereocenters. The van der Waals surface area contributed by atoms with E-state index >= 15 is 0 Å². The van der Waals surface area contributed by atoms with Crippen molar-refractivity contribution in [1.82, 2.24) is 5.32 Å². The summed E-state index contributed by atoms with van der Waals surface area (Å²) in [4.78, 5) is 10.7. The van der Waals surface area contributed by atoms with E-state index in [4.69, 9.17) is 15.1 Å². The minimum absolute atomic E-state index is 0.339. The highest BCUT2D eigenvalue weighted by molar-refractivity contribution is 5.72. The molecule has 5 heteroatoms. The predicted molar refractivity (Wildman–Crippen MR) is 61.6 cm³/mol. The van der Waals surface area contributed by atoms with E-state index in [9.17, 15) is 4.79 Å². The highest BCUT2D eigenvalue weighted by Gasteiger charge is 2.11. The Bertz CT molecular complexity index is 452. The van der Waals surface area contributed by atoms with Crippen molar-refractivity contribution in [2.24, 2.45) is 0 Å². The van der Waals surface area contributed by atoms with E-state index in [-0.39, 0.29) is 0 Å². The van der Waals surface area contributed by atoms with Crippen molar-refractivity contribution >= 4 is 5.97 Å². The van der Waals surface area contributed by atoms with Crippen molar-refractivity contribution in [3.05, 3.63) is 29.3 Å². The molecule has 1 rings (SSSR count). The molecule has 0 saturated carbocycles. The molecule has 0 amide bonds. The monoisotopic (exact) mass is 234 g/mol. The van der Waals surface area contributed by atoms with E-state index < -0.39 is 12.0 Å². The fourth-order valence-electron chi connectivity index (χ4n) is 1.34. The molecule has 0 radical (unpaired) electrons. The predicted octanol–water partition coefficient (Wildman–Crippen LogP) is 1.13. The van der Waals surface area contributed by atoms with E-state index in [0.717, 1.165) is 5.56 Å². The van der Waals surface area contributed by atoms with Crippen LogP contribution in [0.25, 0.3) is 0 Å². The average Bonchev–Trinajstić information content (AvgIpc) is 2.35. The van der Waals surface area contributed by atoms with Gasteiger partial charge in [-0.15, -0.1) is 0 Å². The Morgan fingerprint density at radius 1 is 1.65 bits per heavy atom. The summed E-state index contributed by atoms with van der Waals surface area (Å²) in [6.45, 7) is 1.90. The van der Waals surface area contributed by atoms with Gasteiger partial charge in [0.2, 0.25) is 0 Å². The molecule has 0 aliphatic rings. The molecule has 0 saturated heterocycles. The lowest BCUT2D eigenvalue weighted by Crippen LogP contribution is -2.33. The number of carboxylic acid groups (broad SMARTS) is 1. The molecular weight excluding hydrogens is 220 g/mol. The maximum atomic E-state index is 10.7. The Hall–Kier alpha value is -2.06. The van der Waals surface area contributed by atoms with Gasteiger partial charge in [0.1, 0.15) is 11.8 Å². The molecule has 0 aromatic heterocycles. The minimum atomic E-state index is -0.916. The Morgan fingerprint density at radius 2 is 2.35 bits per heavy atom. The first kappa shape index (κ1) is 13.0. The summed E-state index contributed by atoms with van der Waals surface area (Å²) in [5.41, 5.74) is 1.28. The van der Waals surface area contributed by atoms with E-state index in [2.05, 4.69) is 5.32 Å². The van der Waals surface area contributed by atoms with Crippen LogP contribution in [-0.4, -0.2) is 24.2 Å². The van der Waals surface area contributed by atoms with Crippen LogP contribution in [0.15, 0.2) is 18.2 Å². The number of rotatable bonds is 5. The van der Waals surface area contributed by atoms with Crippen molar-refractivity contribution in [1.29, 1.82) is 5.26 Å². The zero-order valence-corrected chi connectivity index (χ0v) is 9.73. The first-order valence-electron chi connectivity index (χ1n) is 5.11. The molecule has 2 N–H and O–H groups in total. The Labute approximate surface area is 99.6 Å². The van der Waals surface area contributed by atoms with Crippen LogP contribution in [0.4, 0.5) is 0 Å². The minimum Gasteiger partial charge on any atom is -0.496 e. The van der Waals surface area contributed by atoms with Gasteiger partial charge < -0.3 is 15.2 Å². The maximum Gasteiger partial charge on any atom is 0.320 e. The van der Waals surface area contributed by atoms with E-state index in [0.29, 0.717) is 17.9 Å². The highest BCUT2D eigenvalue weighted by atomic mass is 16.5. The van der Waals surface area contributed by atoms with Gasteiger partial charge in [-0.3, -0.25) is 4.79 Å². The first-order valence-corrected chi connectivity index (χ1v) is 5.11. The van der Waals surface area contributed by atoms with Gasteiger partial charge in [-0.05, 0) is 25.1 Å². The number of methoxy groups -OCH3 is 1. The second kappa shape index (κ2) is 5.87. The van der Waals surface area contributed by atoms with E-state index in [1.807, 2.05) is 6.07 Å². The van der Waals surface area contributed by atoms with Gasteiger partial charge in [-0.2, -0.15) is 5.26 Å². The maximum absolute atomic E-state index is 10.7. The Kier molecular flexibility index (Phi) is 4.49. The number of nitriles is 1. The van der Waals surface area contributed by atoms with Crippen molar-refractivity contribution in [2.75, 3.05) is 7.11 Å². The number of nitrogens with one attached hydrogen (secondary N) is 1. The summed E-state index contributed by atoms with van der Waals surface area (Å²) >= 11 is 0. The Balaban J connectivity index is 2.82. The number of carboxylic acids is 1. The van der Waals surface area contributed by atoms with Crippen LogP contribution in [-0.2, 0) is 11.3 Å². The largest absolute Gasteiger partial charge is 0.496 e. The summed E-state index contributed by atoms with van der Waals surface area (Å²) in [5.74, 6) is -0.283. The van der Waals surface area contributed by atoms with Crippen molar-refractivity contribution < 1.29 is 14.6 Å². The third-order valence-corrected chi connectivity index (χ3v) is 2.38. The summed E-state index contributed by atoms with van der Waals surface area (Å²) < 4.78 is 5.14. The topological polar surface area (TPSA) is 82.3 Å². The smallest absolute Gasteiger partial charge is 0.320 e. The number of carbonyl (C=O) groups is 1. The molecule has 0 fully saturated rings. The van der Waals surface area contributed by atoms with Gasteiger partial charge in [0, 0.05) is 12.1 Å².